The van der Waals surface area contributed by atoms with Crippen molar-refractivity contribution in [3.05, 3.63) is 0 Å². The fourth-order valence-electron chi connectivity index (χ4n) is 2.38. The number of hydrogen-bond acceptors (Lipinski definition) is 3. The van der Waals surface area contributed by atoms with E-state index in [2.05, 4.69) is 24.2 Å². The molecule has 0 bridgehead atoms. The highest BCUT2D eigenvalue weighted by atomic mass is 16.5. The zero-order valence-corrected chi connectivity index (χ0v) is 9.81. The summed E-state index contributed by atoms with van der Waals surface area (Å²) < 4.78 is 5.53. The number of nitrogens with zero attached hydrogens (tertiary/aromatic N) is 1. The highest BCUT2D eigenvalue weighted by Gasteiger charge is 2.35. The first-order valence-corrected chi connectivity index (χ1v) is 5.63. The zero-order chi connectivity index (χ0) is 10.4. The van der Waals surface area contributed by atoms with E-state index in [0.717, 1.165) is 26.3 Å². The van der Waals surface area contributed by atoms with Crippen LogP contribution < -0.4 is 5.32 Å². The van der Waals surface area contributed by atoms with Crippen LogP contribution >= 0.6 is 0 Å². The second-order valence-corrected chi connectivity index (χ2v) is 4.57. The maximum Gasteiger partial charge on any atom is 0.0547 e. The molecule has 0 spiro atoms. The van der Waals surface area contributed by atoms with Crippen molar-refractivity contribution in [3.63, 3.8) is 0 Å². The van der Waals surface area contributed by atoms with E-state index in [1.54, 1.807) is 0 Å². The van der Waals surface area contributed by atoms with Crippen LogP contribution in [0.1, 0.15) is 19.8 Å². The van der Waals surface area contributed by atoms with E-state index in [1.165, 1.54) is 19.4 Å². The van der Waals surface area contributed by atoms with Crippen LogP contribution in [0.15, 0.2) is 0 Å². The predicted molar refractivity (Wildman–Crippen MR) is 59.6 cm³/mol. The van der Waals surface area contributed by atoms with Gasteiger partial charge in [-0.1, -0.05) is 6.92 Å². The third kappa shape index (κ3) is 3.23. The molecule has 3 nitrogen and oxygen atoms in total. The Balaban J connectivity index is 2.42. The second kappa shape index (κ2) is 5.69. The molecule has 1 heterocycles. The molecule has 0 amide bonds. The summed E-state index contributed by atoms with van der Waals surface area (Å²) in [4.78, 5) is 2.42. The molecule has 1 N–H and O–H groups in total. The lowest BCUT2D eigenvalue weighted by Gasteiger charge is -2.32. The third-order valence-corrected chi connectivity index (χ3v) is 2.95. The second-order valence-electron chi connectivity index (χ2n) is 4.57. The van der Waals surface area contributed by atoms with Gasteiger partial charge in [0.15, 0.2) is 0 Å². The molecule has 3 heteroatoms. The Hall–Kier alpha value is -0.120. The van der Waals surface area contributed by atoms with Gasteiger partial charge >= 0.3 is 0 Å². The van der Waals surface area contributed by atoms with Crippen molar-refractivity contribution in [2.45, 2.75) is 19.8 Å². The van der Waals surface area contributed by atoms with E-state index in [4.69, 9.17) is 4.74 Å². The summed E-state index contributed by atoms with van der Waals surface area (Å²) >= 11 is 0. The van der Waals surface area contributed by atoms with Crippen molar-refractivity contribution in [2.24, 2.45) is 5.41 Å². The molecule has 1 rings (SSSR count). The summed E-state index contributed by atoms with van der Waals surface area (Å²) in [7, 11) is 4.24. The largest absolute Gasteiger partial charge is 0.381 e. The van der Waals surface area contributed by atoms with Crippen LogP contribution in [0.4, 0.5) is 0 Å². The lowest BCUT2D eigenvalue weighted by atomic mass is 9.86. The van der Waals surface area contributed by atoms with Crippen LogP contribution in [0.2, 0.25) is 0 Å². The normalized spacial score (nSPS) is 27.4. The molecule has 0 aliphatic carbocycles. The maximum absolute atomic E-state index is 5.53. The highest BCUT2D eigenvalue weighted by molar-refractivity contribution is 4.87. The van der Waals surface area contributed by atoms with Crippen molar-refractivity contribution in [2.75, 3.05) is 46.9 Å². The zero-order valence-electron chi connectivity index (χ0n) is 9.81. The first-order valence-electron chi connectivity index (χ1n) is 5.63. The molecule has 0 saturated carbocycles. The molecule has 1 fully saturated rings. The number of nitrogens with one attached hydrogen (secondary N) is 1. The van der Waals surface area contributed by atoms with Gasteiger partial charge in [0, 0.05) is 25.1 Å². The van der Waals surface area contributed by atoms with E-state index < -0.39 is 0 Å². The Labute approximate surface area is 87.8 Å². The summed E-state index contributed by atoms with van der Waals surface area (Å²) in [6.07, 6.45) is 2.43. The van der Waals surface area contributed by atoms with E-state index in [-0.39, 0.29) is 0 Å². The number of rotatable bonds is 6. The molecular weight excluding hydrogens is 176 g/mol. The van der Waals surface area contributed by atoms with Crippen molar-refractivity contribution in [1.29, 1.82) is 0 Å². The van der Waals surface area contributed by atoms with Gasteiger partial charge in [0.2, 0.25) is 0 Å². The van der Waals surface area contributed by atoms with Crippen LogP contribution in [-0.4, -0.2) is 51.8 Å². The van der Waals surface area contributed by atoms with Crippen LogP contribution in [-0.2, 0) is 4.74 Å². The van der Waals surface area contributed by atoms with Gasteiger partial charge in [-0.15, -0.1) is 0 Å². The molecule has 1 aliphatic heterocycles. The number of hydrogen-bond donors (Lipinski definition) is 1. The summed E-state index contributed by atoms with van der Waals surface area (Å²) in [5, 5.41) is 3.29. The van der Waals surface area contributed by atoms with Crippen molar-refractivity contribution in [3.8, 4) is 0 Å². The van der Waals surface area contributed by atoms with Gasteiger partial charge < -0.3 is 15.0 Å². The standard InChI is InChI=1S/C11H24N2O/c1-4-6-13(3)9-11(8-12-2)5-7-14-10-11/h12H,4-10H2,1-3H3. The van der Waals surface area contributed by atoms with Gasteiger partial charge in [-0.25, -0.2) is 0 Å². The highest BCUT2D eigenvalue weighted by Crippen LogP contribution is 2.28. The molecule has 0 aromatic heterocycles. The monoisotopic (exact) mass is 200 g/mol. The molecule has 84 valence electrons. The van der Waals surface area contributed by atoms with Crippen LogP contribution in [0.5, 0.6) is 0 Å². The topological polar surface area (TPSA) is 24.5 Å². The van der Waals surface area contributed by atoms with Crippen molar-refractivity contribution in [1.82, 2.24) is 10.2 Å². The predicted octanol–water partition coefficient (Wildman–Crippen LogP) is 0.954. The lowest BCUT2D eigenvalue weighted by Crippen LogP contribution is -2.42. The molecule has 1 atom stereocenters. The summed E-state index contributed by atoms with van der Waals surface area (Å²) in [6, 6.07) is 0. The average Bonchev–Trinajstić information content (AvgIpc) is 2.54. The Morgan fingerprint density at radius 1 is 1.50 bits per heavy atom. The molecule has 1 saturated heterocycles. The summed E-state index contributed by atoms with van der Waals surface area (Å²) in [6.45, 7) is 7.49. The van der Waals surface area contributed by atoms with Gasteiger partial charge in [0.25, 0.3) is 0 Å². The molecule has 1 aliphatic rings. The van der Waals surface area contributed by atoms with Crippen molar-refractivity contribution < 1.29 is 4.74 Å². The fourth-order valence-corrected chi connectivity index (χ4v) is 2.38. The van der Waals surface area contributed by atoms with Crippen LogP contribution in [0.25, 0.3) is 0 Å². The Morgan fingerprint density at radius 3 is 2.79 bits per heavy atom. The quantitative estimate of drug-likeness (QED) is 0.691. The average molecular weight is 200 g/mol. The van der Waals surface area contributed by atoms with Gasteiger partial charge in [0.05, 0.1) is 6.61 Å². The Kier molecular flexibility index (Phi) is 4.85. The van der Waals surface area contributed by atoms with E-state index in [9.17, 15) is 0 Å². The minimum Gasteiger partial charge on any atom is -0.381 e. The van der Waals surface area contributed by atoms with E-state index >= 15 is 0 Å². The first-order chi connectivity index (χ1) is 6.72. The first kappa shape index (κ1) is 12.0. The minimum absolute atomic E-state index is 0.360. The van der Waals surface area contributed by atoms with Gasteiger partial charge in [-0.3, -0.25) is 0 Å². The SMILES string of the molecule is CCCN(C)CC1(CNC)CCOC1. The van der Waals surface area contributed by atoms with Crippen LogP contribution in [0, 0.1) is 5.41 Å². The summed E-state index contributed by atoms with van der Waals surface area (Å²) in [5.41, 5.74) is 0.360. The lowest BCUT2D eigenvalue weighted by molar-refractivity contribution is 0.120. The molecule has 0 aromatic carbocycles. The molecule has 0 aromatic rings. The number of ether oxygens (including phenoxy) is 1. The van der Waals surface area contributed by atoms with Gasteiger partial charge in [-0.2, -0.15) is 0 Å². The van der Waals surface area contributed by atoms with E-state index in [1.807, 2.05) is 7.05 Å². The Morgan fingerprint density at radius 2 is 2.29 bits per heavy atom. The third-order valence-electron chi connectivity index (χ3n) is 2.95. The fraction of sp³-hybridized carbons (Fsp3) is 1.00. The molecule has 14 heavy (non-hydrogen) atoms. The molecule has 0 radical (unpaired) electrons. The van der Waals surface area contributed by atoms with Crippen molar-refractivity contribution >= 4 is 0 Å². The minimum atomic E-state index is 0.360. The van der Waals surface area contributed by atoms with Crippen LogP contribution in [0.3, 0.4) is 0 Å². The molecule has 1 unspecified atom stereocenters. The smallest absolute Gasteiger partial charge is 0.0547 e. The van der Waals surface area contributed by atoms with Gasteiger partial charge in [-0.05, 0) is 33.5 Å². The van der Waals surface area contributed by atoms with Gasteiger partial charge in [0.1, 0.15) is 0 Å². The summed E-state index contributed by atoms with van der Waals surface area (Å²) in [5.74, 6) is 0. The Bertz CT molecular complexity index is 155. The molecular formula is C11H24N2O. The maximum atomic E-state index is 5.53. The van der Waals surface area contributed by atoms with E-state index in [0.29, 0.717) is 5.41 Å².